The summed E-state index contributed by atoms with van der Waals surface area (Å²) in [6.45, 7) is 0. The zero-order valence-electron chi connectivity index (χ0n) is 7.71. The van der Waals surface area contributed by atoms with Gasteiger partial charge in [0.15, 0.2) is 11.3 Å². The molecule has 0 saturated heterocycles. The van der Waals surface area contributed by atoms with E-state index in [9.17, 15) is 10.1 Å². The minimum absolute atomic E-state index is 0.431. The fourth-order valence-corrected chi connectivity index (χ4v) is 1.71. The molecule has 1 aliphatic heterocycles. The molecule has 1 heterocycles. The van der Waals surface area contributed by atoms with Crippen LogP contribution in [-0.4, -0.2) is 18.4 Å². The fourth-order valence-electron chi connectivity index (χ4n) is 1.71. The summed E-state index contributed by atoms with van der Waals surface area (Å²) < 4.78 is 5.05. The maximum absolute atomic E-state index is 10.8. The van der Waals surface area contributed by atoms with E-state index in [0.717, 1.165) is 10.6 Å². The molecule has 0 bridgehead atoms. The average molecular weight is 194 g/mol. The number of hydrogen-bond donors (Lipinski definition) is 0. The second-order valence-electron chi connectivity index (χ2n) is 3.11. The van der Waals surface area contributed by atoms with Gasteiger partial charge in [-0.1, -0.05) is 23.2 Å². The minimum Gasteiger partial charge on any atom is -0.355 e. The number of ether oxygens (including phenoxy) is 1. The maximum atomic E-state index is 10.8. The van der Waals surface area contributed by atoms with Crippen molar-refractivity contribution < 1.29 is 9.77 Å². The Hall–Kier alpha value is -1.62. The molecular weight excluding hydrogens is 184 g/mol. The normalized spacial score (nSPS) is 19.5. The van der Waals surface area contributed by atoms with Gasteiger partial charge in [-0.25, -0.2) is 10.1 Å². The number of nitro groups is 1. The molecular formula is C9H10N2O3. The van der Waals surface area contributed by atoms with E-state index in [-0.39, 0.29) is 0 Å². The van der Waals surface area contributed by atoms with Crippen LogP contribution in [0.25, 0.3) is 0 Å². The molecule has 74 valence electrons. The van der Waals surface area contributed by atoms with Crippen molar-refractivity contribution >= 4 is 5.69 Å². The van der Waals surface area contributed by atoms with Crippen LogP contribution in [0.1, 0.15) is 5.56 Å². The summed E-state index contributed by atoms with van der Waals surface area (Å²) in [5.74, 6) is 0. The number of hydrazine groups is 1. The first kappa shape index (κ1) is 8.96. The van der Waals surface area contributed by atoms with E-state index in [0.29, 0.717) is 12.1 Å². The van der Waals surface area contributed by atoms with Gasteiger partial charge in [-0.05, 0) is 11.6 Å². The summed E-state index contributed by atoms with van der Waals surface area (Å²) in [5, 5.41) is 11.4. The molecule has 1 aromatic carbocycles. The molecule has 0 saturated carbocycles. The number of hydrogen-bond acceptors (Lipinski definition) is 3. The Labute approximate surface area is 81.0 Å². The number of para-hydroxylation sites is 1. The largest absolute Gasteiger partial charge is 0.355 e. The van der Waals surface area contributed by atoms with Crippen molar-refractivity contribution in [3.05, 3.63) is 39.9 Å². The quantitative estimate of drug-likeness (QED) is 0.524. The first-order chi connectivity index (χ1) is 6.74. The van der Waals surface area contributed by atoms with E-state index < -0.39 is 11.3 Å². The van der Waals surface area contributed by atoms with E-state index in [2.05, 4.69) is 0 Å². The molecule has 0 aliphatic carbocycles. The molecule has 0 radical (unpaired) electrons. The lowest BCUT2D eigenvalue weighted by Gasteiger charge is -2.14. The highest BCUT2D eigenvalue weighted by Crippen LogP contribution is 2.31. The molecule has 1 aliphatic rings. The first-order valence-electron chi connectivity index (χ1n) is 4.28. The number of benzene rings is 1. The van der Waals surface area contributed by atoms with Gasteiger partial charge in [0.05, 0.1) is 0 Å². The van der Waals surface area contributed by atoms with Crippen LogP contribution >= 0.6 is 0 Å². The third kappa shape index (κ3) is 1.22. The van der Waals surface area contributed by atoms with Crippen LogP contribution in [0.3, 0.4) is 0 Å². The summed E-state index contributed by atoms with van der Waals surface area (Å²) in [6, 6.07) is 7.27. The van der Waals surface area contributed by atoms with Crippen LogP contribution in [0, 0.1) is 10.1 Å². The van der Waals surface area contributed by atoms with Gasteiger partial charge in [0.2, 0.25) is 0 Å². The highest BCUT2D eigenvalue weighted by Gasteiger charge is 2.37. The Balaban J connectivity index is 2.42. The minimum atomic E-state index is -0.484. The van der Waals surface area contributed by atoms with Gasteiger partial charge >= 0.3 is 0 Å². The van der Waals surface area contributed by atoms with Crippen LogP contribution in [-0.2, 0) is 11.2 Å². The summed E-state index contributed by atoms with van der Waals surface area (Å²) in [6.07, 6.45) is 0.0793. The van der Waals surface area contributed by atoms with Crippen LogP contribution in [0.15, 0.2) is 24.3 Å². The van der Waals surface area contributed by atoms with Crippen molar-refractivity contribution in [2.75, 3.05) is 12.1 Å². The molecule has 0 aromatic heterocycles. The van der Waals surface area contributed by atoms with Gasteiger partial charge in [-0.2, -0.15) is 0 Å². The van der Waals surface area contributed by atoms with E-state index in [4.69, 9.17) is 4.74 Å². The summed E-state index contributed by atoms with van der Waals surface area (Å²) >= 11 is 0. The molecule has 5 heteroatoms. The van der Waals surface area contributed by atoms with Crippen molar-refractivity contribution in [1.82, 2.24) is 0 Å². The monoisotopic (exact) mass is 194 g/mol. The molecule has 0 amide bonds. The molecule has 2 rings (SSSR count). The standard InChI is InChI=1S/C9H10N2O3/c1-14-9-6-7-4-2-3-5-8(7)10(9)11(12)13/h2-5,9H,6H2,1H3. The highest BCUT2D eigenvalue weighted by molar-refractivity contribution is 5.56. The summed E-state index contributed by atoms with van der Waals surface area (Å²) in [5.41, 5.74) is 1.58. The van der Waals surface area contributed by atoms with Crippen LogP contribution in [0.4, 0.5) is 5.69 Å². The average Bonchev–Trinajstić information content (AvgIpc) is 2.55. The summed E-state index contributed by atoms with van der Waals surface area (Å²) in [4.78, 5) is 10.8. The molecule has 0 N–H and O–H groups in total. The summed E-state index contributed by atoms with van der Waals surface area (Å²) in [7, 11) is 1.48. The maximum Gasteiger partial charge on any atom is 0.196 e. The number of rotatable bonds is 2. The first-order valence-corrected chi connectivity index (χ1v) is 4.28. The topological polar surface area (TPSA) is 55.6 Å². The van der Waals surface area contributed by atoms with E-state index >= 15 is 0 Å². The van der Waals surface area contributed by atoms with E-state index in [1.807, 2.05) is 12.1 Å². The Morgan fingerprint density at radius 1 is 1.57 bits per heavy atom. The van der Waals surface area contributed by atoms with Crippen LogP contribution in [0.2, 0.25) is 0 Å². The molecule has 1 unspecified atom stereocenters. The molecule has 14 heavy (non-hydrogen) atoms. The Bertz CT molecular complexity index is 367. The predicted molar refractivity (Wildman–Crippen MR) is 50.4 cm³/mol. The Morgan fingerprint density at radius 2 is 2.29 bits per heavy atom. The van der Waals surface area contributed by atoms with Gasteiger partial charge in [0.25, 0.3) is 0 Å². The zero-order valence-corrected chi connectivity index (χ0v) is 7.71. The van der Waals surface area contributed by atoms with Gasteiger partial charge in [-0.15, -0.1) is 0 Å². The van der Waals surface area contributed by atoms with Gasteiger partial charge in [-0.3, -0.25) is 0 Å². The third-order valence-corrected chi connectivity index (χ3v) is 2.35. The molecule has 0 fully saturated rings. The van der Waals surface area contributed by atoms with Crippen molar-refractivity contribution in [3.8, 4) is 0 Å². The second kappa shape index (κ2) is 3.26. The predicted octanol–water partition coefficient (Wildman–Crippen LogP) is 1.21. The number of anilines is 1. The Kier molecular flexibility index (Phi) is 2.09. The van der Waals surface area contributed by atoms with Crippen molar-refractivity contribution in [3.63, 3.8) is 0 Å². The molecule has 1 atom stereocenters. The fraction of sp³-hybridized carbons (Fsp3) is 0.333. The SMILES string of the molecule is COC1Cc2ccccc2N1[N+](=O)[O-]. The number of fused-ring (bicyclic) bond motifs is 1. The van der Waals surface area contributed by atoms with Gasteiger partial charge in [0.1, 0.15) is 5.69 Å². The lowest BCUT2D eigenvalue weighted by atomic mass is 10.2. The number of methoxy groups -OCH3 is 1. The third-order valence-electron chi connectivity index (χ3n) is 2.35. The van der Waals surface area contributed by atoms with Crippen LogP contribution < -0.4 is 5.01 Å². The van der Waals surface area contributed by atoms with E-state index in [1.165, 1.54) is 7.11 Å². The van der Waals surface area contributed by atoms with Crippen molar-refractivity contribution in [2.24, 2.45) is 0 Å². The molecule has 5 nitrogen and oxygen atoms in total. The van der Waals surface area contributed by atoms with Gasteiger partial charge in [0, 0.05) is 13.5 Å². The smallest absolute Gasteiger partial charge is 0.196 e. The lowest BCUT2D eigenvalue weighted by Crippen LogP contribution is -2.38. The lowest BCUT2D eigenvalue weighted by molar-refractivity contribution is -0.507. The number of nitrogens with zero attached hydrogens (tertiary/aromatic N) is 2. The van der Waals surface area contributed by atoms with E-state index in [1.54, 1.807) is 12.1 Å². The molecule has 1 aromatic rings. The Morgan fingerprint density at radius 3 is 2.93 bits per heavy atom. The van der Waals surface area contributed by atoms with Crippen molar-refractivity contribution in [2.45, 2.75) is 12.6 Å². The van der Waals surface area contributed by atoms with Crippen molar-refractivity contribution in [1.29, 1.82) is 0 Å². The second-order valence-corrected chi connectivity index (χ2v) is 3.11. The van der Waals surface area contributed by atoms with Crippen LogP contribution in [0.5, 0.6) is 0 Å². The molecule has 0 spiro atoms. The zero-order chi connectivity index (χ0) is 10.1. The van der Waals surface area contributed by atoms with Gasteiger partial charge < -0.3 is 4.74 Å². The highest BCUT2D eigenvalue weighted by atomic mass is 16.7.